The maximum absolute atomic E-state index is 11.1. The van der Waals surface area contributed by atoms with Crippen molar-refractivity contribution in [3.8, 4) is 5.75 Å². The Balaban J connectivity index is 2.48. The summed E-state index contributed by atoms with van der Waals surface area (Å²) in [6.07, 6.45) is 0.939. The summed E-state index contributed by atoms with van der Waals surface area (Å²) in [5.41, 5.74) is 0.639. The monoisotopic (exact) mass is 371 g/mol. The Morgan fingerprint density at radius 2 is 2.09 bits per heavy atom. The molecule has 1 heterocycles. The van der Waals surface area contributed by atoms with Gasteiger partial charge in [0.05, 0.1) is 9.40 Å². The fourth-order valence-electron chi connectivity index (χ4n) is 2.98. The first-order chi connectivity index (χ1) is 10.5. The molecule has 0 saturated carbocycles. The van der Waals surface area contributed by atoms with Crippen molar-refractivity contribution in [1.82, 2.24) is 10.2 Å². The Morgan fingerprint density at radius 3 is 2.64 bits per heavy atom. The molecule has 2 rings (SSSR count). The van der Waals surface area contributed by atoms with E-state index in [9.17, 15) is 15.2 Å². The van der Waals surface area contributed by atoms with Gasteiger partial charge in [0.15, 0.2) is 0 Å². The number of piperazine rings is 1. The van der Waals surface area contributed by atoms with Gasteiger partial charge < -0.3 is 10.4 Å². The predicted octanol–water partition coefficient (Wildman–Crippen LogP) is 3.06. The van der Waals surface area contributed by atoms with Crippen molar-refractivity contribution in [2.45, 2.75) is 26.3 Å². The summed E-state index contributed by atoms with van der Waals surface area (Å²) in [6.45, 7) is 7.75. The Labute approximate surface area is 138 Å². The minimum atomic E-state index is -0.418. The molecule has 122 valence electrons. The van der Waals surface area contributed by atoms with Gasteiger partial charge >= 0.3 is 0 Å². The molecule has 2 atom stereocenters. The van der Waals surface area contributed by atoms with Crippen LogP contribution in [0.1, 0.15) is 31.9 Å². The van der Waals surface area contributed by atoms with Crippen LogP contribution in [0, 0.1) is 16.0 Å². The van der Waals surface area contributed by atoms with Gasteiger partial charge in [-0.15, -0.1) is 0 Å². The van der Waals surface area contributed by atoms with E-state index in [1.165, 1.54) is 12.1 Å². The number of phenols is 1. The van der Waals surface area contributed by atoms with E-state index in [0.717, 1.165) is 32.6 Å². The van der Waals surface area contributed by atoms with Crippen LogP contribution in [0.4, 0.5) is 5.69 Å². The molecule has 1 aromatic rings. The number of non-ortho nitro benzene ring substituents is 1. The van der Waals surface area contributed by atoms with E-state index >= 15 is 0 Å². The normalized spacial score (nSPS) is 18.9. The lowest BCUT2D eigenvalue weighted by atomic mass is 9.89. The quantitative estimate of drug-likeness (QED) is 0.614. The second kappa shape index (κ2) is 7.39. The smallest absolute Gasteiger partial charge is 0.271 e. The zero-order chi connectivity index (χ0) is 16.3. The molecule has 1 aromatic carbocycles. The number of phenolic OH excluding ortho intramolecular Hbond substituents is 1. The van der Waals surface area contributed by atoms with Crippen LogP contribution in [0.15, 0.2) is 16.6 Å². The van der Waals surface area contributed by atoms with Crippen LogP contribution in [0.2, 0.25) is 0 Å². The zero-order valence-electron chi connectivity index (χ0n) is 12.9. The van der Waals surface area contributed by atoms with Gasteiger partial charge in [0.25, 0.3) is 5.69 Å². The highest BCUT2D eigenvalue weighted by Crippen LogP contribution is 2.41. The topological polar surface area (TPSA) is 78.6 Å². The maximum atomic E-state index is 11.1. The fourth-order valence-corrected chi connectivity index (χ4v) is 3.45. The Kier molecular flexibility index (Phi) is 5.77. The van der Waals surface area contributed by atoms with E-state index < -0.39 is 4.92 Å². The summed E-state index contributed by atoms with van der Waals surface area (Å²) < 4.78 is 0.375. The molecular formula is C15H22BrN3O3. The van der Waals surface area contributed by atoms with Gasteiger partial charge in [0.1, 0.15) is 5.75 Å². The maximum Gasteiger partial charge on any atom is 0.271 e. The minimum Gasteiger partial charge on any atom is -0.506 e. The molecule has 1 aliphatic rings. The molecule has 0 amide bonds. The van der Waals surface area contributed by atoms with E-state index in [1.54, 1.807) is 0 Å². The number of nitro groups is 1. The number of rotatable bonds is 5. The van der Waals surface area contributed by atoms with E-state index in [4.69, 9.17) is 0 Å². The highest BCUT2D eigenvalue weighted by atomic mass is 79.9. The van der Waals surface area contributed by atoms with Crippen molar-refractivity contribution in [2.75, 3.05) is 26.2 Å². The molecule has 0 aliphatic carbocycles. The number of nitrogens with one attached hydrogen (secondary N) is 1. The first-order valence-electron chi connectivity index (χ1n) is 7.57. The molecule has 1 unspecified atom stereocenters. The van der Waals surface area contributed by atoms with Crippen LogP contribution in [0.5, 0.6) is 5.75 Å². The highest BCUT2D eigenvalue weighted by Gasteiger charge is 2.30. The average molecular weight is 372 g/mol. The van der Waals surface area contributed by atoms with Gasteiger partial charge in [0.2, 0.25) is 0 Å². The second-order valence-corrected chi connectivity index (χ2v) is 6.59. The molecule has 0 radical (unpaired) electrons. The number of hydrogen-bond donors (Lipinski definition) is 2. The van der Waals surface area contributed by atoms with Crippen molar-refractivity contribution in [2.24, 2.45) is 5.92 Å². The van der Waals surface area contributed by atoms with E-state index in [1.807, 2.05) is 0 Å². The Morgan fingerprint density at radius 1 is 1.45 bits per heavy atom. The molecule has 1 fully saturated rings. The lowest BCUT2D eigenvalue weighted by Crippen LogP contribution is -2.46. The number of nitro benzene ring substituents is 1. The lowest BCUT2D eigenvalue weighted by Gasteiger charge is -2.38. The van der Waals surface area contributed by atoms with Gasteiger partial charge in [-0.2, -0.15) is 0 Å². The summed E-state index contributed by atoms with van der Waals surface area (Å²) in [6, 6.07) is 2.84. The van der Waals surface area contributed by atoms with E-state index in [0.29, 0.717) is 10.0 Å². The van der Waals surface area contributed by atoms with Crippen LogP contribution in [-0.2, 0) is 0 Å². The van der Waals surface area contributed by atoms with Gasteiger partial charge in [-0.1, -0.05) is 20.3 Å². The molecule has 6 nitrogen and oxygen atoms in total. The third-order valence-electron chi connectivity index (χ3n) is 4.34. The summed E-state index contributed by atoms with van der Waals surface area (Å²) in [7, 11) is 0. The molecule has 7 heteroatoms. The van der Waals surface area contributed by atoms with Crippen LogP contribution < -0.4 is 5.32 Å². The molecule has 1 aliphatic heterocycles. The number of aromatic hydroxyl groups is 1. The highest BCUT2D eigenvalue weighted by molar-refractivity contribution is 9.10. The third-order valence-corrected chi connectivity index (χ3v) is 4.94. The standard InChI is InChI=1S/C15H22BrN3O3/c1-3-10(2)14(18-6-4-17-5-7-18)12-8-11(19(21)22)9-13(16)15(12)20/h8-10,14,17,20H,3-7H2,1-2H3/t10?,14-/m0/s1. The molecular weight excluding hydrogens is 350 g/mol. The van der Waals surface area contributed by atoms with E-state index in [2.05, 4.69) is 40.0 Å². The number of hydrogen-bond acceptors (Lipinski definition) is 5. The average Bonchev–Trinajstić information content (AvgIpc) is 2.52. The summed E-state index contributed by atoms with van der Waals surface area (Å²) >= 11 is 3.24. The van der Waals surface area contributed by atoms with Crippen LogP contribution in [0.25, 0.3) is 0 Å². The molecule has 2 N–H and O–H groups in total. The summed E-state index contributed by atoms with van der Waals surface area (Å²) in [4.78, 5) is 13.0. The first kappa shape index (κ1) is 17.2. The molecule has 22 heavy (non-hydrogen) atoms. The third kappa shape index (κ3) is 3.59. The largest absolute Gasteiger partial charge is 0.506 e. The van der Waals surface area contributed by atoms with Crippen LogP contribution in [0.3, 0.4) is 0 Å². The van der Waals surface area contributed by atoms with Crippen molar-refractivity contribution >= 4 is 21.6 Å². The fraction of sp³-hybridized carbons (Fsp3) is 0.600. The van der Waals surface area contributed by atoms with Crippen molar-refractivity contribution in [1.29, 1.82) is 0 Å². The van der Waals surface area contributed by atoms with Crippen molar-refractivity contribution < 1.29 is 10.0 Å². The molecule has 1 saturated heterocycles. The van der Waals surface area contributed by atoms with Crippen molar-refractivity contribution in [3.63, 3.8) is 0 Å². The second-order valence-electron chi connectivity index (χ2n) is 5.74. The predicted molar refractivity (Wildman–Crippen MR) is 89.1 cm³/mol. The number of nitrogens with zero attached hydrogens (tertiary/aromatic N) is 2. The first-order valence-corrected chi connectivity index (χ1v) is 8.36. The van der Waals surface area contributed by atoms with E-state index in [-0.39, 0.29) is 23.4 Å². The minimum absolute atomic E-state index is 0.00288. The number of halogens is 1. The SMILES string of the molecule is CCC(C)[C@@H](c1cc([N+](=O)[O-])cc(Br)c1O)N1CCNCC1. The summed E-state index contributed by atoms with van der Waals surface area (Å²) in [5.74, 6) is 0.396. The van der Waals surface area contributed by atoms with Gasteiger partial charge in [-0.3, -0.25) is 15.0 Å². The van der Waals surface area contributed by atoms with Crippen LogP contribution in [-0.4, -0.2) is 41.1 Å². The Bertz CT molecular complexity index is 547. The molecule has 0 aromatic heterocycles. The van der Waals surface area contributed by atoms with Gasteiger partial charge in [-0.25, -0.2) is 0 Å². The Hall–Kier alpha value is -1.18. The van der Waals surface area contributed by atoms with Crippen LogP contribution >= 0.6 is 15.9 Å². The summed E-state index contributed by atoms with van der Waals surface area (Å²) in [5, 5.41) is 24.9. The van der Waals surface area contributed by atoms with Gasteiger partial charge in [0, 0.05) is 49.9 Å². The lowest BCUT2D eigenvalue weighted by molar-refractivity contribution is -0.385. The molecule has 0 spiro atoms. The number of benzene rings is 1. The van der Waals surface area contributed by atoms with Gasteiger partial charge in [-0.05, 0) is 21.8 Å². The molecule has 0 bridgehead atoms. The van der Waals surface area contributed by atoms with Crippen molar-refractivity contribution in [3.05, 3.63) is 32.3 Å². The zero-order valence-corrected chi connectivity index (χ0v) is 14.5.